The first kappa shape index (κ1) is 15.7. The molecule has 0 aliphatic carbocycles. The lowest BCUT2D eigenvalue weighted by Gasteiger charge is -2.12. The van der Waals surface area contributed by atoms with Crippen molar-refractivity contribution in [3.63, 3.8) is 0 Å². The zero-order chi connectivity index (χ0) is 15.1. The van der Waals surface area contributed by atoms with Gasteiger partial charge in [0.2, 0.25) is 5.91 Å². The van der Waals surface area contributed by atoms with Gasteiger partial charge in [-0.3, -0.25) is 9.59 Å². The molecular weight excluding hydrogens is 262 g/mol. The lowest BCUT2D eigenvalue weighted by molar-refractivity contribution is -0.145. The van der Waals surface area contributed by atoms with Crippen molar-refractivity contribution in [1.29, 1.82) is 0 Å². The van der Waals surface area contributed by atoms with E-state index >= 15 is 0 Å². The van der Waals surface area contributed by atoms with E-state index in [1.807, 2.05) is 0 Å². The summed E-state index contributed by atoms with van der Waals surface area (Å²) in [4.78, 5) is 33.7. The summed E-state index contributed by atoms with van der Waals surface area (Å²) in [5, 5.41) is 2.56. The first-order chi connectivity index (χ1) is 9.43. The predicted octanol–water partition coefficient (Wildman–Crippen LogP) is 1.79. The fraction of sp³-hybridized carbons (Fsp3) is 0.357. The average Bonchev–Trinajstić information content (AvgIpc) is 2.36. The minimum absolute atomic E-state index is 0.131. The van der Waals surface area contributed by atoms with Crippen molar-refractivity contribution in [2.75, 3.05) is 18.5 Å². The van der Waals surface area contributed by atoms with E-state index in [0.29, 0.717) is 17.0 Å². The molecule has 0 aliphatic rings. The predicted molar refractivity (Wildman–Crippen MR) is 72.9 cm³/mol. The molecule has 1 rings (SSSR count). The van der Waals surface area contributed by atoms with Crippen molar-refractivity contribution in [2.45, 2.75) is 20.8 Å². The molecule has 0 aliphatic heterocycles. The third kappa shape index (κ3) is 4.72. The number of hydrogen-bond acceptors (Lipinski definition) is 5. The Hall–Kier alpha value is -2.37. The van der Waals surface area contributed by atoms with Crippen LogP contribution in [0.2, 0.25) is 0 Å². The first-order valence-corrected chi connectivity index (χ1v) is 6.15. The third-order valence-electron chi connectivity index (χ3n) is 2.35. The minimum Gasteiger partial charge on any atom is -0.480 e. The zero-order valence-electron chi connectivity index (χ0n) is 11.7. The van der Waals surface area contributed by atoms with Crippen molar-refractivity contribution in [3.8, 4) is 5.75 Å². The highest BCUT2D eigenvalue weighted by molar-refractivity contribution is 5.97. The molecule has 0 bridgehead atoms. The second-order valence-electron chi connectivity index (χ2n) is 4.04. The Morgan fingerprint density at radius 1 is 1.20 bits per heavy atom. The summed E-state index contributed by atoms with van der Waals surface area (Å²) in [5.41, 5.74) is 0.784. The molecule has 0 fully saturated rings. The van der Waals surface area contributed by atoms with Crippen LogP contribution in [-0.2, 0) is 14.3 Å². The Labute approximate surface area is 117 Å². The molecule has 1 N–H and O–H groups in total. The van der Waals surface area contributed by atoms with E-state index in [-0.39, 0.29) is 24.9 Å². The van der Waals surface area contributed by atoms with Crippen LogP contribution in [0.15, 0.2) is 18.2 Å². The number of rotatable bonds is 6. The van der Waals surface area contributed by atoms with Crippen LogP contribution >= 0.6 is 0 Å². The highest BCUT2D eigenvalue weighted by atomic mass is 16.6. The summed E-state index contributed by atoms with van der Waals surface area (Å²) in [5.74, 6) is -0.629. The highest BCUT2D eigenvalue weighted by Gasteiger charge is 2.11. The topological polar surface area (TPSA) is 81.7 Å². The number of carbonyl (C=O) groups excluding carboxylic acids is 3. The third-order valence-corrected chi connectivity index (χ3v) is 2.35. The maximum atomic E-state index is 11.3. The summed E-state index contributed by atoms with van der Waals surface area (Å²) in [6.07, 6.45) is 0. The smallest absolute Gasteiger partial charge is 0.344 e. The maximum Gasteiger partial charge on any atom is 0.344 e. The monoisotopic (exact) mass is 279 g/mol. The van der Waals surface area contributed by atoms with Crippen LogP contribution in [0.1, 0.15) is 31.1 Å². The van der Waals surface area contributed by atoms with Crippen LogP contribution in [-0.4, -0.2) is 30.9 Å². The Morgan fingerprint density at radius 2 is 1.90 bits per heavy atom. The molecule has 108 valence electrons. The summed E-state index contributed by atoms with van der Waals surface area (Å²) in [7, 11) is 0. The SMILES string of the molecule is CCOC(=O)COc1ccc(C(C)=O)cc1NC(C)=O. The Balaban J connectivity index is 2.90. The summed E-state index contributed by atoms with van der Waals surface area (Å²) in [6.45, 7) is 4.47. The number of Topliss-reactive ketones (excluding diaryl/α,β-unsaturated/α-hetero) is 1. The largest absolute Gasteiger partial charge is 0.480 e. The minimum atomic E-state index is -0.503. The van der Waals surface area contributed by atoms with E-state index < -0.39 is 5.97 Å². The van der Waals surface area contributed by atoms with Gasteiger partial charge in [-0.1, -0.05) is 0 Å². The molecular formula is C14H17NO5. The van der Waals surface area contributed by atoms with Crippen LogP contribution in [0, 0.1) is 0 Å². The van der Waals surface area contributed by atoms with Crippen molar-refractivity contribution in [3.05, 3.63) is 23.8 Å². The molecule has 1 amide bonds. The van der Waals surface area contributed by atoms with Gasteiger partial charge in [0.15, 0.2) is 12.4 Å². The Kier molecular flexibility index (Phi) is 5.71. The molecule has 0 unspecified atom stereocenters. The van der Waals surface area contributed by atoms with Crippen LogP contribution < -0.4 is 10.1 Å². The van der Waals surface area contributed by atoms with Gasteiger partial charge < -0.3 is 14.8 Å². The number of nitrogens with one attached hydrogen (secondary N) is 1. The van der Waals surface area contributed by atoms with E-state index in [0.717, 1.165) is 0 Å². The van der Waals surface area contributed by atoms with E-state index in [9.17, 15) is 14.4 Å². The molecule has 0 aromatic heterocycles. The number of esters is 1. The molecule has 0 saturated heterocycles. The van der Waals surface area contributed by atoms with Crippen molar-refractivity contribution < 1.29 is 23.9 Å². The van der Waals surface area contributed by atoms with Gasteiger partial charge >= 0.3 is 5.97 Å². The number of ketones is 1. The van der Waals surface area contributed by atoms with Crippen LogP contribution in [0.3, 0.4) is 0 Å². The fourth-order valence-corrected chi connectivity index (χ4v) is 1.50. The van der Waals surface area contributed by atoms with Gasteiger partial charge in [-0.15, -0.1) is 0 Å². The van der Waals surface area contributed by atoms with Gasteiger partial charge in [0, 0.05) is 12.5 Å². The molecule has 6 nitrogen and oxygen atoms in total. The number of benzene rings is 1. The quantitative estimate of drug-likeness (QED) is 0.634. The normalized spacial score (nSPS) is 9.75. The molecule has 0 spiro atoms. The molecule has 6 heteroatoms. The molecule has 0 heterocycles. The van der Waals surface area contributed by atoms with Crippen LogP contribution in [0.5, 0.6) is 5.75 Å². The van der Waals surface area contributed by atoms with Gasteiger partial charge in [-0.05, 0) is 32.0 Å². The number of ether oxygens (including phenoxy) is 2. The summed E-state index contributed by atoms with van der Waals surface area (Å²) < 4.78 is 10.0. The second-order valence-corrected chi connectivity index (χ2v) is 4.04. The second kappa shape index (κ2) is 7.28. The fourth-order valence-electron chi connectivity index (χ4n) is 1.50. The molecule has 0 saturated carbocycles. The zero-order valence-corrected chi connectivity index (χ0v) is 11.7. The number of amides is 1. The van der Waals surface area contributed by atoms with Crippen LogP contribution in [0.4, 0.5) is 5.69 Å². The van der Waals surface area contributed by atoms with Crippen molar-refractivity contribution in [2.24, 2.45) is 0 Å². The summed E-state index contributed by atoms with van der Waals surface area (Å²) >= 11 is 0. The van der Waals surface area contributed by atoms with E-state index in [1.54, 1.807) is 13.0 Å². The van der Waals surface area contributed by atoms with Crippen LogP contribution in [0.25, 0.3) is 0 Å². The number of hydrogen-bond donors (Lipinski definition) is 1. The highest BCUT2D eigenvalue weighted by Crippen LogP contribution is 2.26. The van der Waals surface area contributed by atoms with Gasteiger partial charge in [-0.25, -0.2) is 4.79 Å². The van der Waals surface area contributed by atoms with Crippen molar-refractivity contribution in [1.82, 2.24) is 0 Å². The average molecular weight is 279 g/mol. The van der Waals surface area contributed by atoms with Gasteiger partial charge in [-0.2, -0.15) is 0 Å². The van der Waals surface area contributed by atoms with Gasteiger partial charge in [0.05, 0.1) is 12.3 Å². The number of carbonyl (C=O) groups is 3. The Bertz CT molecular complexity index is 524. The van der Waals surface area contributed by atoms with E-state index in [2.05, 4.69) is 5.32 Å². The molecule has 1 aromatic rings. The van der Waals surface area contributed by atoms with Crippen molar-refractivity contribution >= 4 is 23.3 Å². The van der Waals surface area contributed by atoms with Gasteiger partial charge in [0.1, 0.15) is 5.75 Å². The molecule has 0 radical (unpaired) electrons. The Morgan fingerprint density at radius 3 is 2.45 bits per heavy atom. The lowest BCUT2D eigenvalue weighted by Crippen LogP contribution is -2.16. The molecule has 20 heavy (non-hydrogen) atoms. The van der Waals surface area contributed by atoms with E-state index in [4.69, 9.17) is 9.47 Å². The first-order valence-electron chi connectivity index (χ1n) is 6.15. The van der Waals surface area contributed by atoms with Gasteiger partial charge in [0.25, 0.3) is 0 Å². The lowest BCUT2D eigenvalue weighted by atomic mass is 10.1. The molecule has 0 atom stereocenters. The number of anilines is 1. The summed E-state index contributed by atoms with van der Waals surface area (Å²) in [6, 6.07) is 4.60. The van der Waals surface area contributed by atoms with E-state index in [1.165, 1.54) is 26.0 Å². The molecule has 1 aromatic carbocycles. The standard InChI is InChI=1S/C14H17NO5/c1-4-19-14(18)8-20-13-6-5-11(9(2)16)7-12(13)15-10(3)17/h5-7H,4,8H2,1-3H3,(H,15,17). The maximum absolute atomic E-state index is 11.3.